The molecular weight excluding hydrogens is 360 g/mol. The van der Waals surface area contributed by atoms with Gasteiger partial charge in [0, 0.05) is 17.8 Å². The molecule has 5 nitrogen and oxygen atoms in total. The van der Waals surface area contributed by atoms with E-state index in [1.807, 2.05) is 6.92 Å². The van der Waals surface area contributed by atoms with Gasteiger partial charge in [0.1, 0.15) is 5.00 Å². The molecule has 1 saturated heterocycles. The first kappa shape index (κ1) is 20.3. The van der Waals surface area contributed by atoms with Crippen LogP contribution in [0.5, 0.6) is 0 Å². The zero-order valence-corrected chi connectivity index (χ0v) is 17.5. The number of nitrogens with one attached hydrogen (secondary N) is 1. The predicted octanol–water partition coefficient (Wildman–Crippen LogP) is 4.25. The van der Waals surface area contributed by atoms with E-state index in [2.05, 4.69) is 17.1 Å². The Morgan fingerprint density at radius 2 is 1.93 bits per heavy atom. The van der Waals surface area contributed by atoms with E-state index in [1.54, 1.807) is 11.3 Å². The SMILES string of the molecule is CCOC(=O)c1c(NC(=O)CCN2CCC(C)CC2)sc2c1CCCCC2. The minimum absolute atomic E-state index is 0.00409. The summed E-state index contributed by atoms with van der Waals surface area (Å²) in [5, 5.41) is 3.72. The number of anilines is 1. The van der Waals surface area contributed by atoms with Crippen LogP contribution in [0.2, 0.25) is 0 Å². The lowest BCUT2D eigenvalue weighted by molar-refractivity contribution is -0.116. The Bertz CT molecular complexity index is 663. The van der Waals surface area contributed by atoms with Crippen LogP contribution in [0.3, 0.4) is 0 Å². The molecule has 1 aliphatic heterocycles. The second-order valence-electron chi connectivity index (χ2n) is 7.81. The lowest BCUT2D eigenvalue weighted by atomic mass is 9.99. The molecule has 6 heteroatoms. The van der Waals surface area contributed by atoms with Crippen molar-refractivity contribution in [2.45, 2.75) is 65.2 Å². The summed E-state index contributed by atoms with van der Waals surface area (Å²) < 4.78 is 5.29. The van der Waals surface area contributed by atoms with Crippen LogP contribution in [0.15, 0.2) is 0 Å². The van der Waals surface area contributed by atoms with Crippen molar-refractivity contribution in [2.24, 2.45) is 5.92 Å². The monoisotopic (exact) mass is 392 g/mol. The number of rotatable bonds is 6. The number of piperidine rings is 1. The van der Waals surface area contributed by atoms with E-state index in [-0.39, 0.29) is 11.9 Å². The normalized spacial score (nSPS) is 18.6. The van der Waals surface area contributed by atoms with Crippen molar-refractivity contribution in [2.75, 3.05) is 31.6 Å². The first-order valence-electron chi connectivity index (χ1n) is 10.4. The molecule has 27 heavy (non-hydrogen) atoms. The average molecular weight is 393 g/mol. The molecule has 0 saturated carbocycles. The van der Waals surface area contributed by atoms with Crippen LogP contribution in [-0.4, -0.2) is 43.0 Å². The molecule has 1 aromatic heterocycles. The Labute approximate surface area is 166 Å². The molecule has 1 amide bonds. The van der Waals surface area contributed by atoms with E-state index in [1.165, 1.54) is 24.1 Å². The van der Waals surface area contributed by atoms with Gasteiger partial charge in [-0.15, -0.1) is 11.3 Å². The predicted molar refractivity (Wildman–Crippen MR) is 110 cm³/mol. The molecule has 0 aromatic carbocycles. The average Bonchev–Trinajstić information content (AvgIpc) is 2.82. The van der Waals surface area contributed by atoms with Crippen molar-refractivity contribution in [1.29, 1.82) is 0 Å². The van der Waals surface area contributed by atoms with Gasteiger partial charge in [-0.25, -0.2) is 4.79 Å². The maximum Gasteiger partial charge on any atom is 0.341 e. The van der Waals surface area contributed by atoms with Gasteiger partial charge in [0.2, 0.25) is 5.91 Å². The number of amides is 1. The standard InChI is InChI=1S/C21H32N2O3S/c1-3-26-21(25)19-16-7-5-4-6-8-17(16)27-20(19)22-18(24)11-14-23-12-9-15(2)10-13-23/h15H,3-14H2,1-2H3,(H,22,24). The van der Waals surface area contributed by atoms with Crippen LogP contribution >= 0.6 is 11.3 Å². The van der Waals surface area contributed by atoms with Crippen molar-refractivity contribution in [3.8, 4) is 0 Å². The molecule has 1 aliphatic carbocycles. The molecule has 0 radical (unpaired) electrons. The molecule has 1 fully saturated rings. The molecule has 2 heterocycles. The molecule has 0 spiro atoms. The fourth-order valence-electron chi connectivity index (χ4n) is 3.98. The van der Waals surface area contributed by atoms with Crippen LogP contribution in [0.4, 0.5) is 5.00 Å². The highest BCUT2D eigenvalue weighted by Gasteiger charge is 2.26. The summed E-state index contributed by atoms with van der Waals surface area (Å²) in [5.41, 5.74) is 1.72. The Hall–Kier alpha value is -1.40. The third kappa shape index (κ3) is 5.32. The van der Waals surface area contributed by atoms with E-state index < -0.39 is 0 Å². The number of thiophene rings is 1. The number of hydrogen-bond acceptors (Lipinski definition) is 5. The first-order valence-corrected chi connectivity index (χ1v) is 11.2. The topological polar surface area (TPSA) is 58.6 Å². The maximum atomic E-state index is 12.6. The number of aryl methyl sites for hydroxylation is 1. The number of likely N-dealkylation sites (tertiary alicyclic amines) is 1. The minimum Gasteiger partial charge on any atom is -0.462 e. The number of nitrogens with zero attached hydrogens (tertiary/aromatic N) is 1. The number of ether oxygens (including phenoxy) is 1. The van der Waals surface area contributed by atoms with Gasteiger partial charge in [-0.3, -0.25) is 4.79 Å². The first-order chi connectivity index (χ1) is 13.1. The molecule has 2 aliphatic rings. The van der Waals surface area contributed by atoms with Crippen molar-refractivity contribution < 1.29 is 14.3 Å². The van der Waals surface area contributed by atoms with Gasteiger partial charge in [-0.1, -0.05) is 13.3 Å². The highest BCUT2D eigenvalue weighted by molar-refractivity contribution is 7.17. The number of carbonyl (C=O) groups excluding carboxylic acids is 2. The summed E-state index contributed by atoms with van der Waals surface area (Å²) in [5.74, 6) is 0.497. The fraction of sp³-hybridized carbons (Fsp3) is 0.714. The van der Waals surface area contributed by atoms with Gasteiger partial charge < -0.3 is 15.0 Å². The molecular formula is C21H32N2O3S. The summed E-state index contributed by atoms with van der Waals surface area (Å²) in [7, 11) is 0. The Morgan fingerprint density at radius 1 is 1.19 bits per heavy atom. The molecule has 1 aromatic rings. The Balaban J connectivity index is 1.66. The largest absolute Gasteiger partial charge is 0.462 e. The van der Waals surface area contributed by atoms with Crippen LogP contribution < -0.4 is 5.32 Å². The summed E-state index contributed by atoms with van der Waals surface area (Å²) in [6.07, 6.45) is 8.24. The fourth-order valence-corrected chi connectivity index (χ4v) is 5.28. The summed E-state index contributed by atoms with van der Waals surface area (Å²) in [4.78, 5) is 28.7. The number of esters is 1. The maximum absolute atomic E-state index is 12.6. The molecule has 0 bridgehead atoms. The third-order valence-electron chi connectivity index (χ3n) is 5.69. The zero-order valence-electron chi connectivity index (χ0n) is 16.6. The summed E-state index contributed by atoms with van der Waals surface area (Å²) >= 11 is 1.57. The van der Waals surface area contributed by atoms with Gasteiger partial charge in [-0.2, -0.15) is 0 Å². The van der Waals surface area contributed by atoms with E-state index >= 15 is 0 Å². The van der Waals surface area contributed by atoms with Gasteiger partial charge in [0.25, 0.3) is 0 Å². The van der Waals surface area contributed by atoms with E-state index in [0.717, 1.165) is 56.8 Å². The molecule has 0 atom stereocenters. The van der Waals surface area contributed by atoms with Gasteiger partial charge >= 0.3 is 5.97 Å². The van der Waals surface area contributed by atoms with E-state index in [0.29, 0.717) is 23.6 Å². The Kier molecular flexibility index (Phi) is 7.30. The second-order valence-corrected chi connectivity index (χ2v) is 8.92. The van der Waals surface area contributed by atoms with Crippen molar-refractivity contribution in [3.63, 3.8) is 0 Å². The number of hydrogen-bond donors (Lipinski definition) is 1. The summed E-state index contributed by atoms with van der Waals surface area (Å²) in [6.45, 7) is 7.41. The quantitative estimate of drug-likeness (QED) is 0.581. The highest BCUT2D eigenvalue weighted by Crippen LogP contribution is 2.38. The zero-order chi connectivity index (χ0) is 19.2. The van der Waals surface area contributed by atoms with Crippen LogP contribution in [-0.2, 0) is 22.4 Å². The van der Waals surface area contributed by atoms with E-state index in [4.69, 9.17) is 4.74 Å². The van der Waals surface area contributed by atoms with Crippen LogP contribution in [0, 0.1) is 5.92 Å². The van der Waals surface area contributed by atoms with Gasteiger partial charge in [0.05, 0.1) is 12.2 Å². The van der Waals surface area contributed by atoms with Crippen molar-refractivity contribution >= 4 is 28.2 Å². The van der Waals surface area contributed by atoms with Gasteiger partial charge in [0.15, 0.2) is 0 Å². The van der Waals surface area contributed by atoms with E-state index in [9.17, 15) is 9.59 Å². The van der Waals surface area contributed by atoms with Crippen molar-refractivity contribution in [1.82, 2.24) is 4.90 Å². The van der Waals surface area contributed by atoms with Crippen molar-refractivity contribution in [3.05, 3.63) is 16.0 Å². The lowest BCUT2D eigenvalue weighted by Crippen LogP contribution is -2.35. The molecule has 1 N–H and O–H groups in total. The van der Waals surface area contributed by atoms with Crippen LogP contribution in [0.1, 0.15) is 73.2 Å². The highest BCUT2D eigenvalue weighted by atomic mass is 32.1. The van der Waals surface area contributed by atoms with Crippen LogP contribution in [0.25, 0.3) is 0 Å². The second kappa shape index (κ2) is 9.69. The Morgan fingerprint density at radius 3 is 2.67 bits per heavy atom. The number of carbonyl (C=O) groups is 2. The third-order valence-corrected chi connectivity index (χ3v) is 6.89. The van der Waals surface area contributed by atoms with Gasteiger partial charge in [-0.05, 0) is 70.0 Å². The minimum atomic E-state index is -0.294. The molecule has 3 rings (SSSR count). The molecule has 0 unspecified atom stereocenters. The molecule has 150 valence electrons. The lowest BCUT2D eigenvalue weighted by Gasteiger charge is -2.29. The number of fused-ring (bicyclic) bond motifs is 1. The summed E-state index contributed by atoms with van der Waals surface area (Å²) in [6, 6.07) is 0. The smallest absolute Gasteiger partial charge is 0.341 e.